The predicted octanol–water partition coefficient (Wildman–Crippen LogP) is -1.49. The van der Waals surface area contributed by atoms with Crippen molar-refractivity contribution in [3.63, 3.8) is 0 Å². The molecular weight excluding hydrogens is 210 g/mol. The minimum Gasteiger partial charge on any atom is -0.395 e. The number of carbonyl (C=O) groups is 2. The monoisotopic (exact) mass is 231 g/mol. The first-order valence-corrected chi connectivity index (χ1v) is 5.28. The molecule has 0 bridgehead atoms. The molecule has 0 aliphatic rings. The summed E-state index contributed by atoms with van der Waals surface area (Å²) in [6, 6.07) is 0. The molecule has 0 saturated heterocycles. The van der Waals surface area contributed by atoms with Crippen LogP contribution in [0.2, 0.25) is 0 Å². The lowest BCUT2D eigenvalue weighted by Gasteiger charge is -2.15. The maximum absolute atomic E-state index is 11.4. The van der Waals surface area contributed by atoms with Gasteiger partial charge in [-0.2, -0.15) is 0 Å². The molecule has 6 nitrogen and oxygen atoms in total. The molecule has 0 saturated carbocycles. The molecule has 0 heterocycles. The minimum absolute atomic E-state index is 0.143. The number of nitrogens with zero attached hydrogens (tertiary/aromatic N) is 2. The number of nitrogens with one attached hydrogen (secondary N) is 1. The van der Waals surface area contributed by atoms with E-state index in [0.29, 0.717) is 6.54 Å². The number of rotatable bonds is 6. The molecule has 0 unspecified atom stereocenters. The van der Waals surface area contributed by atoms with Gasteiger partial charge in [-0.15, -0.1) is 0 Å². The first-order valence-electron chi connectivity index (χ1n) is 5.28. The van der Waals surface area contributed by atoms with E-state index in [9.17, 15) is 9.59 Å². The summed E-state index contributed by atoms with van der Waals surface area (Å²) in [4.78, 5) is 25.9. The zero-order valence-corrected chi connectivity index (χ0v) is 10.2. The summed E-state index contributed by atoms with van der Waals surface area (Å²) in [7, 11) is 5.38. The van der Waals surface area contributed by atoms with E-state index >= 15 is 0 Å². The maximum Gasteiger partial charge on any atom is 0.311 e. The second-order valence-electron chi connectivity index (χ2n) is 3.86. The van der Waals surface area contributed by atoms with Crippen molar-refractivity contribution >= 4 is 11.8 Å². The molecule has 2 N–H and O–H groups in total. The van der Waals surface area contributed by atoms with Crippen molar-refractivity contribution in [1.82, 2.24) is 15.1 Å². The van der Waals surface area contributed by atoms with Crippen LogP contribution in [0.1, 0.15) is 6.42 Å². The van der Waals surface area contributed by atoms with Gasteiger partial charge in [-0.3, -0.25) is 9.59 Å². The quantitative estimate of drug-likeness (QED) is 0.431. The van der Waals surface area contributed by atoms with E-state index in [1.807, 2.05) is 19.0 Å². The van der Waals surface area contributed by atoms with Crippen molar-refractivity contribution in [3.8, 4) is 0 Å². The average Bonchev–Trinajstić information content (AvgIpc) is 2.23. The van der Waals surface area contributed by atoms with Gasteiger partial charge in [0.1, 0.15) is 0 Å². The normalized spacial score (nSPS) is 10.3. The van der Waals surface area contributed by atoms with E-state index in [-0.39, 0.29) is 13.2 Å². The van der Waals surface area contributed by atoms with E-state index < -0.39 is 11.8 Å². The lowest BCUT2D eigenvalue weighted by Crippen LogP contribution is -2.42. The van der Waals surface area contributed by atoms with Crippen molar-refractivity contribution in [2.45, 2.75) is 6.42 Å². The van der Waals surface area contributed by atoms with Crippen molar-refractivity contribution < 1.29 is 14.7 Å². The van der Waals surface area contributed by atoms with Crippen LogP contribution in [-0.4, -0.2) is 74.1 Å². The lowest BCUT2D eigenvalue weighted by atomic mass is 10.4. The highest BCUT2D eigenvalue weighted by Gasteiger charge is 2.16. The standard InChI is InChI=1S/C10H21N3O3/c1-12(2)6-4-5-11-9(15)10(16)13(3)7-8-14/h14H,4-8H2,1-3H3,(H,11,15). The molecular formula is C10H21N3O3. The summed E-state index contributed by atoms with van der Waals surface area (Å²) in [5, 5.41) is 11.2. The summed E-state index contributed by atoms with van der Waals surface area (Å²) in [5.74, 6) is -1.23. The minimum atomic E-state index is -0.616. The maximum atomic E-state index is 11.4. The number of amides is 2. The second kappa shape index (κ2) is 8.06. The highest BCUT2D eigenvalue weighted by Crippen LogP contribution is 1.86. The van der Waals surface area contributed by atoms with Crippen LogP contribution in [0.4, 0.5) is 0 Å². The Bertz CT molecular complexity index is 231. The fourth-order valence-corrected chi connectivity index (χ4v) is 1.10. The van der Waals surface area contributed by atoms with Gasteiger partial charge >= 0.3 is 11.8 Å². The van der Waals surface area contributed by atoms with Crippen LogP contribution in [0.25, 0.3) is 0 Å². The van der Waals surface area contributed by atoms with Crippen LogP contribution >= 0.6 is 0 Å². The first-order chi connectivity index (χ1) is 7.49. The van der Waals surface area contributed by atoms with Gasteiger partial charge in [-0.1, -0.05) is 0 Å². The fraction of sp³-hybridized carbons (Fsp3) is 0.800. The van der Waals surface area contributed by atoms with Crippen molar-refractivity contribution in [2.75, 3.05) is 47.4 Å². The third-order valence-corrected chi connectivity index (χ3v) is 2.04. The number of hydrogen-bond donors (Lipinski definition) is 2. The van der Waals surface area contributed by atoms with Gasteiger partial charge in [0, 0.05) is 20.1 Å². The summed E-state index contributed by atoms with van der Waals surface area (Å²) in [6.45, 7) is 1.37. The molecule has 0 aliphatic carbocycles. The fourth-order valence-electron chi connectivity index (χ4n) is 1.10. The van der Waals surface area contributed by atoms with Crippen LogP contribution < -0.4 is 5.32 Å². The molecule has 0 fully saturated rings. The number of hydrogen-bond acceptors (Lipinski definition) is 4. The first kappa shape index (κ1) is 14.9. The van der Waals surface area contributed by atoms with Crippen LogP contribution in [-0.2, 0) is 9.59 Å². The van der Waals surface area contributed by atoms with Crippen LogP contribution in [0, 0.1) is 0 Å². The zero-order chi connectivity index (χ0) is 12.6. The summed E-state index contributed by atoms with van der Waals surface area (Å²) in [6.07, 6.45) is 0.801. The predicted molar refractivity (Wildman–Crippen MR) is 60.9 cm³/mol. The molecule has 0 rings (SSSR count). The summed E-state index contributed by atoms with van der Waals surface area (Å²) in [5.41, 5.74) is 0. The van der Waals surface area contributed by atoms with Gasteiger partial charge in [0.2, 0.25) is 0 Å². The number of likely N-dealkylation sites (N-methyl/N-ethyl adjacent to an activating group) is 1. The van der Waals surface area contributed by atoms with E-state index in [4.69, 9.17) is 5.11 Å². The van der Waals surface area contributed by atoms with Gasteiger partial charge in [-0.05, 0) is 27.1 Å². The number of aliphatic hydroxyl groups excluding tert-OH is 1. The highest BCUT2D eigenvalue weighted by atomic mass is 16.3. The molecule has 0 aromatic rings. The van der Waals surface area contributed by atoms with Crippen LogP contribution in [0.15, 0.2) is 0 Å². The Labute approximate surface area is 96.2 Å². The Hall–Kier alpha value is -1.14. The third kappa shape index (κ3) is 6.36. The summed E-state index contributed by atoms with van der Waals surface area (Å²) < 4.78 is 0. The third-order valence-electron chi connectivity index (χ3n) is 2.04. The van der Waals surface area contributed by atoms with Gasteiger partial charge in [0.05, 0.1) is 6.61 Å². The zero-order valence-electron chi connectivity index (χ0n) is 10.2. The lowest BCUT2D eigenvalue weighted by molar-refractivity contribution is -0.145. The molecule has 0 spiro atoms. The molecule has 16 heavy (non-hydrogen) atoms. The van der Waals surface area contributed by atoms with Crippen LogP contribution in [0.3, 0.4) is 0 Å². The molecule has 0 atom stereocenters. The molecule has 0 aromatic heterocycles. The smallest absolute Gasteiger partial charge is 0.311 e. The molecule has 6 heteroatoms. The molecule has 0 aliphatic heterocycles. The molecule has 94 valence electrons. The average molecular weight is 231 g/mol. The Balaban J connectivity index is 3.75. The Morgan fingerprint density at radius 3 is 2.31 bits per heavy atom. The van der Waals surface area contributed by atoms with Gasteiger partial charge in [0.15, 0.2) is 0 Å². The van der Waals surface area contributed by atoms with Gasteiger partial charge < -0.3 is 20.2 Å². The summed E-state index contributed by atoms with van der Waals surface area (Å²) >= 11 is 0. The van der Waals surface area contributed by atoms with Crippen molar-refractivity contribution in [2.24, 2.45) is 0 Å². The van der Waals surface area contributed by atoms with E-state index in [0.717, 1.165) is 13.0 Å². The number of aliphatic hydroxyl groups is 1. The van der Waals surface area contributed by atoms with Gasteiger partial charge in [-0.25, -0.2) is 0 Å². The van der Waals surface area contributed by atoms with Crippen molar-refractivity contribution in [3.05, 3.63) is 0 Å². The second-order valence-corrected chi connectivity index (χ2v) is 3.86. The number of carbonyl (C=O) groups excluding carboxylic acids is 2. The Morgan fingerprint density at radius 2 is 1.81 bits per heavy atom. The SMILES string of the molecule is CN(C)CCCNC(=O)C(=O)N(C)CCO. The van der Waals surface area contributed by atoms with E-state index in [2.05, 4.69) is 5.32 Å². The van der Waals surface area contributed by atoms with E-state index in [1.165, 1.54) is 11.9 Å². The Kier molecular flexibility index (Phi) is 7.49. The highest BCUT2D eigenvalue weighted by molar-refractivity contribution is 6.34. The van der Waals surface area contributed by atoms with Gasteiger partial charge in [0.25, 0.3) is 0 Å². The Morgan fingerprint density at radius 1 is 1.19 bits per heavy atom. The van der Waals surface area contributed by atoms with Crippen LogP contribution in [0.5, 0.6) is 0 Å². The molecule has 0 radical (unpaired) electrons. The largest absolute Gasteiger partial charge is 0.395 e. The molecule has 0 aromatic carbocycles. The molecule has 2 amide bonds. The van der Waals surface area contributed by atoms with Crippen molar-refractivity contribution in [1.29, 1.82) is 0 Å². The van der Waals surface area contributed by atoms with E-state index in [1.54, 1.807) is 0 Å². The topological polar surface area (TPSA) is 72.9 Å².